The van der Waals surface area contributed by atoms with E-state index in [1.165, 1.54) is 37.8 Å². The van der Waals surface area contributed by atoms with E-state index in [2.05, 4.69) is 15.9 Å². The molecule has 1 saturated carbocycles. The van der Waals surface area contributed by atoms with Gasteiger partial charge in [-0.1, -0.05) is 47.7 Å². The van der Waals surface area contributed by atoms with E-state index in [0.717, 1.165) is 16.5 Å². The largest absolute Gasteiger partial charge is 0.393 e. The summed E-state index contributed by atoms with van der Waals surface area (Å²) in [5, 5.41) is 10.0. The molecule has 1 atom stereocenters. The number of benzene rings is 1. The third-order valence-electron chi connectivity index (χ3n) is 3.55. The molecule has 1 fully saturated rings. The lowest BCUT2D eigenvalue weighted by atomic mass is 9.96. The van der Waals surface area contributed by atoms with Crippen LogP contribution in [-0.2, 0) is 6.42 Å². The summed E-state index contributed by atoms with van der Waals surface area (Å²) in [6, 6.07) is 4.65. The Bertz CT molecular complexity index is 374. The highest BCUT2D eigenvalue weighted by Crippen LogP contribution is 2.30. The van der Waals surface area contributed by atoms with Crippen LogP contribution in [0.25, 0.3) is 0 Å². The minimum Gasteiger partial charge on any atom is -0.393 e. The molecule has 17 heavy (non-hydrogen) atoms. The Hall–Kier alpha value is -0.410. The number of hydrogen-bond acceptors (Lipinski definition) is 1. The summed E-state index contributed by atoms with van der Waals surface area (Å²) >= 11 is 3.34. The van der Waals surface area contributed by atoms with Crippen LogP contribution in [0, 0.1) is 11.7 Å². The standard InChI is InChI=1S/C14H18BrFO/c15-14-9-12(16)6-5-11(14)8-13(17)7-10-3-1-2-4-10/h5-6,9-10,13,17H,1-4,7-8H2. The molecule has 94 valence electrons. The third kappa shape index (κ3) is 3.78. The second kappa shape index (κ2) is 5.96. The SMILES string of the molecule is OC(Cc1ccc(F)cc1Br)CC1CCCC1. The van der Waals surface area contributed by atoms with Gasteiger partial charge in [0.1, 0.15) is 5.82 Å². The highest BCUT2D eigenvalue weighted by molar-refractivity contribution is 9.10. The van der Waals surface area contributed by atoms with Crippen LogP contribution in [0.15, 0.2) is 22.7 Å². The maximum atomic E-state index is 12.9. The lowest BCUT2D eigenvalue weighted by molar-refractivity contribution is 0.143. The van der Waals surface area contributed by atoms with E-state index in [1.807, 2.05) is 0 Å². The summed E-state index contributed by atoms with van der Waals surface area (Å²) in [6.07, 6.45) is 6.29. The number of aliphatic hydroxyl groups is 1. The zero-order chi connectivity index (χ0) is 12.3. The number of halogens is 2. The average molecular weight is 301 g/mol. The van der Waals surface area contributed by atoms with Crippen LogP contribution in [0.5, 0.6) is 0 Å². The van der Waals surface area contributed by atoms with Gasteiger partial charge in [0.15, 0.2) is 0 Å². The molecule has 2 rings (SSSR count). The lowest BCUT2D eigenvalue weighted by Crippen LogP contribution is -2.15. The van der Waals surface area contributed by atoms with Gasteiger partial charge in [0.2, 0.25) is 0 Å². The fourth-order valence-electron chi connectivity index (χ4n) is 2.66. The number of aliphatic hydroxyl groups excluding tert-OH is 1. The van der Waals surface area contributed by atoms with Crippen LogP contribution in [0.2, 0.25) is 0 Å². The highest BCUT2D eigenvalue weighted by Gasteiger charge is 2.19. The Morgan fingerprint density at radius 3 is 2.71 bits per heavy atom. The summed E-state index contributed by atoms with van der Waals surface area (Å²) in [4.78, 5) is 0. The molecule has 0 aliphatic heterocycles. The molecule has 1 unspecified atom stereocenters. The Morgan fingerprint density at radius 1 is 1.35 bits per heavy atom. The quantitative estimate of drug-likeness (QED) is 0.888. The molecule has 1 aliphatic carbocycles. The molecule has 0 radical (unpaired) electrons. The summed E-state index contributed by atoms with van der Waals surface area (Å²) in [6.45, 7) is 0. The average Bonchev–Trinajstić information content (AvgIpc) is 2.75. The van der Waals surface area contributed by atoms with E-state index in [9.17, 15) is 9.50 Å². The molecule has 0 spiro atoms. The summed E-state index contributed by atoms with van der Waals surface area (Å²) in [5.74, 6) is 0.440. The Morgan fingerprint density at radius 2 is 2.06 bits per heavy atom. The van der Waals surface area contributed by atoms with Gasteiger partial charge in [0.25, 0.3) is 0 Å². The molecule has 0 saturated heterocycles. The Kier molecular flexibility index (Phi) is 4.57. The van der Waals surface area contributed by atoms with Crippen molar-refractivity contribution in [1.29, 1.82) is 0 Å². The maximum Gasteiger partial charge on any atom is 0.124 e. The highest BCUT2D eigenvalue weighted by atomic mass is 79.9. The van der Waals surface area contributed by atoms with E-state index in [1.54, 1.807) is 6.07 Å². The van der Waals surface area contributed by atoms with Crippen LogP contribution >= 0.6 is 15.9 Å². The summed E-state index contributed by atoms with van der Waals surface area (Å²) < 4.78 is 13.7. The first-order valence-corrected chi connectivity index (χ1v) is 7.06. The van der Waals surface area contributed by atoms with Crippen LogP contribution in [0.1, 0.15) is 37.7 Å². The van der Waals surface area contributed by atoms with Crippen molar-refractivity contribution in [3.05, 3.63) is 34.1 Å². The van der Waals surface area contributed by atoms with Crippen molar-refractivity contribution in [2.75, 3.05) is 0 Å². The van der Waals surface area contributed by atoms with Crippen LogP contribution in [-0.4, -0.2) is 11.2 Å². The fraction of sp³-hybridized carbons (Fsp3) is 0.571. The lowest BCUT2D eigenvalue weighted by Gasteiger charge is -2.16. The topological polar surface area (TPSA) is 20.2 Å². The van der Waals surface area contributed by atoms with E-state index >= 15 is 0 Å². The molecule has 1 aromatic rings. The van der Waals surface area contributed by atoms with Gasteiger partial charge in [-0.3, -0.25) is 0 Å². The van der Waals surface area contributed by atoms with Crippen molar-refractivity contribution in [2.24, 2.45) is 5.92 Å². The molecule has 1 aromatic carbocycles. The van der Waals surface area contributed by atoms with Crippen molar-refractivity contribution in [2.45, 2.75) is 44.6 Å². The molecule has 1 aliphatic rings. The maximum absolute atomic E-state index is 12.9. The van der Waals surface area contributed by atoms with Crippen molar-refractivity contribution >= 4 is 15.9 Å². The molecule has 0 heterocycles. The predicted octanol–water partition coefficient (Wildman–Crippen LogP) is 4.07. The minimum atomic E-state index is -0.306. The van der Waals surface area contributed by atoms with Crippen LogP contribution in [0.4, 0.5) is 4.39 Å². The minimum absolute atomic E-state index is 0.245. The molecule has 1 N–H and O–H groups in total. The van der Waals surface area contributed by atoms with Crippen LogP contribution < -0.4 is 0 Å². The Balaban J connectivity index is 1.90. The molecule has 1 nitrogen and oxygen atoms in total. The van der Waals surface area contributed by atoms with Gasteiger partial charge in [-0.05, 0) is 36.5 Å². The van der Waals surface area contributed by atoms with E-state index in [4.69, 9.17) is 0 Å². The molecule has 0 amide bonds. The van der Waals surface area contributed by atoms with Gasteiger partial charge < -0.3 is 5.11 Å². The normalized spacial score (nSPS) is 18.5. The monoisotopic (exact) mass is 300 g/mol. The van der Waals surface area contributed by atoms with Gasteiger partial charge in [-0.15, -0.1) is 0 Å². The van der Waals surface area contributed by atoms with Crippen molar-refractivity contribution in [3.8, 4) is 0 Å². The third-order valence-corrected chi connectivity index (χ3v) is 4.29. The van der Waals surface area contributed by atoms with Gasteiger partial charge in [0, 0.05) is 4.47 Å². The van der Waals surface area contributed by atoms with Crippen LogP contribution in [0.3, 0.4) is 0 Å². The fourth-order valence-corrected chi connectivity index (χ4v) is 3.17. The molecule has 3 heteroatoms. The van der Waals surface area contributed by atoms with Crippen molar-refractivity contribution in [3.63, 3.8) is 0 Å². The van der Waals surface area contributed by atoms with Gasteiger partial charge >= 0.3 is 0 Å². The van der Waals surface area contributed by atoms with Crippen molar-refractivity contribution < 1.29 is 9.50 Å². The van der Waals surface area contributed by atoms with E-state index in [0.29, 0.717) is 12.3 Å². The first-order chi connectivity index (χ1) is 8.15. The second-order valence-electron chi connectivity index (χ2n) is 4.98. The van der Waals surface area contributed by atoms with Gasteiger partial charge in [0.05, 0.1) is 6.10 Å². The zero-order valence-corrected chi connectivity index (χ0v) is 11.4. The molecular formula is C14H18BrFO. The van der Waals surface area contributed by atoms with E-state index in [-0.39, 0.29) is 11.9 Å². The molecule has 0 aromatic heterocycles. The molecular weight excluding hydrogens is 283 g/mol. The summed E-state index contributed by atoms with van der Waals surface area (Å²) in [7, 11) is 0. The zero-order valence-electron chi connectivity index (χ0n) is 9.83. The predicted molar refractivity (Wildman–Crippen MR) is 70.4 cm³/mol. The smallest absolute Gasteiger partial charge is 0.124 e. The molecule has 0 bridgehead atoms. The van der Waals surface area contributed by atoms with Gasteiger partial charge in [-0.25, -0.2) is 4.39 Å². The van der Waals surface area contributed by atoms with E-state index < -0.39 is 0 Å². The first kappa shape index (κ1) is 13.0. The Labute approximate surface area is 110 Å². The number of rotatable bonds is 4. The second-order valence-corrected chi connectivity index (χ2v) is 5.83. The van der Waals surface area contributed by atoms with Crippen molar-refractivity contribution in [1.82, 2.24) is 0 Å². The van der Waals surface area contributed by atoms with Gasteiger partial charge in [-0.2, -0.15) is 0 Å². The number of hydrogen-bond donors (Lipinski definition) is 1. The summed E-state index contributed by atoms with van der Waals surface area (Å²) in [5.41, 5.74) is 0.983. The first-order valence-electron chi connectivity index (χ1n) is 6.27.